The second kappa shape index (κ2) is 10.3. The Kier molecular flexibility index (Phi) is 7.83. The summed E-state index contributed by atoms with van der Waals surface area (Å²) in [6.45, 7) is 7.46. The quantitative estimate of drug-likeness (QED) is 0.509. The molecule has 0 bridgehead atoms. The van der Waals surface area contributed by atoms with E-state index in [1.54, 1.807) is 0 Å². The van der Waals surface area contributed by atoms with E-state index in [1.165, 1.54) is 0 Å². The van der Waals surface area contributed by atoms with Gasteiger partial charge in [-0.3, -0.25) is 14.6 Å². The lowest BCUT2D eigenvalue weighted by Gasteiger charge is -2.33. The van der Waals surface area contributed by atoms with Crippen molar-refractivity contribution in [3.8, 4) is 11.4 Å². The van der Waals surface area contributed by atoms with Crippen molar-refractivity contribution in [1.29, 1.82) is 0 Å². The van der Waals surface area contributed by atoms with Gasteiger partial charge in [-0.1, -0.05) is 37.1 Å². The predicted molar refractivity (Wildman–Crippen MR) is 118 cm³/mol. The zero-order valence-corrected chi connectivity index (χ0v) is 18.7. The summed E-state index contributed by atoms with van der Waals surface area (Å²) in [6.07, 6.45) is 2.12. The number of carbonyl (C=O) groups is 1. The van der Waals surface area contributed by atoms with E-state index in [4.69, 9.17) is 28.9 Å². The summed E-state index contributed by atoms with van der Waals surface area (Å²) in [5.41, 5.74) is 0.875. The number of hydrogen-bond donors (Lipinski definition) is 1. The van der Waals surface area contributed by atoms with Crippen LogP contribution in [0.15, 0.2) is 24.3 Å². The first kappa shape index (κ1) is 22.0. The van der Waals surface area contributed by atoms with E-state index in [9.17, 15) is 4.79 Å². The van der Waals surface area contributed by atoms with Gasteiger partial charge < -0.3 is 9.88 Å². The van der Waals surface area contributed by atoms with Crippen molar-refractivity contribution >= 4 is 29.7 Å². The van der Waals surface area contributed by atoms with Crippen LogP contribution in [0.25, 0.3) is 11.4 Å². The zero-order chi connectivity index (χ0) is 20.8. The molecule has 1 N–H and O–H groups in total. The topological polar surface area (TPSA) is 58.3 Å². The smallest absolute Gasteiger partial charge is 0.234 e. The molecule has 9 heteroatoms. The minimum atomic E-state index is 0.114. The number of unbranched alkanes of at least 4 members (excludes halogenated alkanes) is 1. The molecule has 0 spiro atoms. The molecule has 2 heterocycles. The fourth-order valence-corrected chi connectivity index (χ4v) is 3.80. The Morgan fingerprint density at radius 1 is 1.21 bits per heavy atom. The van der Waals surface area contributed by atoms with Crippen LogP contribution in [-0.4, -0.2) is 69.3 Å². The molecule has 158 valence electrons. The number of piperazine rings is 1. The van der Waals surface area contributed by atoms with Crippen molar-refractivity contribution in [2.45, 2.75) is 26.4 Å². The Morgan fingerprint density at radius 3 is 2.59 bits per heavy atom. The first-order valence-electron chi connectivity index (χ1n) is 10.1. The lowest BCUT2D eigenvalue weighted by molar-refractivity contribution is -0.122. The zero-order valence-electron chi connectivity index (χ0n) is 17.1. The highest BCUT2D eigenvalue weighted by Gasteiger charge is 2.20. The van der Waals surface area contributed by atoms with E-state index in [0.717, 1.165) is 57.0 Å². The third-order valence-electron chi connectivity index (χ3n) is 5.17. The summed E-state index contributed by atoms with van der Waals surface area (Å²) in [5.74, 6) is 0.881. The van der Waals surface area contributed by atoms with Crippen molar-refractivity contribution in [2.75, 3.05) is 39.3 Å². The van der Waals surface area contributed by atoms with Crippen LogP contribution >= 0.6 is 23.8 Å². The largest absolute Gasteiger partial charge is 0.355 e. The van der Waals surface area contributed by atoms with E-state index in [1.807, 2.05) is 40.6 Å². The maximum Gasteiger partial charge on any atom is 0.234 e. The van der Waals surface area contributed by atoms with Crippen LogP contribution in [0.5, 0.6) is 0 Å². The molecule has 1 fully saturated rings. The Hall–Kier alpha value is -1.74. The van der Waals surface area contributed by atoms with Crippen molar-refractivity contribution < 1.29 is 4.79 Å². The molecular weight excluding hydrogens is 408 g/mol. The van der Waals surface area contributed by atoms with Gasteiger partial charge in [-0.25, -0.2) is 4.68 Å². The van der Waals surface area contributed by atoms with Gasteiger partial charge in [0.2, 0.25) is 5.91 Å². The van der Waals surface area contributed by atoms with Crippen LogP contribution in [0.1, 0.15) is 19.8 Å². The van der Waals surface area contributed by atoms with E-state index >= 15 is 0 Å². The van der Waals surface area contributed by atoms with Crippen LogP contribution in [0.4, 0.5) is 0 Å². The molecule has 0 radical (unpaired) electrons. The molecule has 2 aromatic rings. The number of nitrogens with one attached hydrogen (secondary N) is 1. The first-order chi connectivity index (χ1) is 14.0. The Balaban J connectivity index is 1.56. The molecule has 1 aliphatic rings. The van der Waals surface area contributed by atoms with Gasteiger partial charge in [0.15, 0.2) is 10.6 Å². The molecule has 7 nitrogen and oxygen atoms in total. The normalized spacial score (nSPS) is 15.6. The van der Waals surface area contributed by atoms with Gasteiger partial charge >= 0.3 is 0 Å². The number of carbonyl (C=O) groups excluding carboxylic acids is 1. The molecular formula is C20H29ClN6OS. The van der Waals surface area contributed by atoms with Gasteiger partial charge in [0.05, 0.1) is 18.2 Å². The van der Waals surface area contributed by atoms with Gasteiger partial charge in [-0.05, 0) is 30.8 Å². The second-order valence-corrected chi connectivity index (χ2v) is 8.16. The van der Waals surface area contributed by atoms with Gasteiger partial charge in [0.1, 0.15) is 0 Å². The van der Waals surface area contributed by atoms with Crippen molar-refractivity contribution in [1.82, 2.24) is 29.5 Å². The highest BCUT2D eigenvalue weighted by molar-refractivity contribution is 7.71. The van der Waals surface area contributed by atoms with E-state index < -0.39 is 0 Å². The molecule has 3 rings (SSSR count). The maximum atomic E-state index is 12.0. The average Bonchev–Trinajstić information content (AvgIpc) is 2.98. The number of hydrogen-bond acceptors (Lipinski definition) is 5. The number of benzene rings is 1. The molecule has 1 aliphatic heterocycles. The van der Waals surface area contributed by atoms with Crippen molar-refractivity contribution in [3.63, 3.8) is 0 Å². The third-order valence-corrected chi connectivity index (χ3v) is 5.99. The van der Waals surface area contributed by atoms with Gasteiger partial charge in [0.25, 0.3) is 0 Å². The van der Waals surface area contributed by atoms with Crippen LogP contribution in [0, 0.1) is 4.77 Å². The lowest BCUT2D eigenvalue weighted by Crippen LogP contribution is -2.49. The third kappa shape index (κ3) is 5.66. The summed E-state index contributed by atoms with van der Waals surface area (Å²) in [6, 6.07) is 7.66. The molecule has 0 aliphatic carbocycles. The monoisotopic (exact) mass is 436 g/mol. The number of nitrogens with zero attached hydrogens (tertiary/aromatic N) is 5. The highest BCUT2D eigenvalue weighted by Crippen LogP contribution is 2.26. The van der Waals surface area contributed by atoms with E-state index in [-0.39, 0.29) is 5.91 Å². The molecule has 29 heavy (non-hydrogen) atoms. The SMILES string of the molecule is CCCCNC(=O)CN1CCN(Cn2nc(-c3ccccc3Cl)n(C)c2=S)CC1. The fraction of sp³-hybridized carbons (Fsp3) is 0.550. The minimum absolute atomic E-state index is 0.114. The lowest BCUT2D eigenvalue weighted by atomic mass is 10.2. The average molecular weight is 437 g/mol. The first-order valence-corrected chi connectivity index (χ1v) is 10.9. The molecule has 1 amide bonds. The molecule has 1 saturated heterocycles. The number of aromatic nitrogens is 3. The Bertz CT molecular complexity index is 887. The molecule has 0 saturated carbocycles. The van der Waals surface area contributed by atoms with E-state index in [2.05, 4.69) is 22.0 Å². The van der Waals surface area contributed by atoms with Crippen LogP contribution < -0.4 is 5.32 Å². The Labute approximate surface area is 182 Å². The summed E-state index contributed by atoms with van der Waals surface area (Å²) in [4.78, 5) is 16.5. The van der Waals surface area contributed by atoms with Crippen LogP contribution in [-0.2, 0) is 18.5 Å². The van der Waals surface area contributed by atoms with Gasteiger partial charge in [0, 0.05) is 45.3 Å². The molecule has 0 atom stereocenters. The summed E-state index contributed by atoms with van der Waals surface area (Å²) >= 11 is 11.9. The number of amides is 1. The minimum Gasteiger partial charge on any atom is -0.355 e. The predicted octanol–water partition coefficient (Wildman–Crippen LogP) is 2.76. The summed E-state index contributed by atoms with van der Waals surface area (Å²) in [5, 5.41) is 8.36. The summed E-state index contributed by atoms with van der Waals surface area (Å²) < 4.78 is 4.41. The standard InChI is InChI=1S/C20H29ClN6OS/c1-3-4-9-22-18(28)14-25-10-12-26(13-11-25)15-27-20(29)24(2)19(23-27)16-7-5-6-8-17(16)21/h5-8H,3-4,9-15H2,1-2H3,(H,22,28). The van der Waals surface area contributed by atoms with E-state index in [0.29, 0.717) is 23.0 Å². The van der Waals surface area contributed by atoms with Gasteiger partial charge in [-0.15, -0.1) is 0 Å². The molecule has 0 unspecified atom stereocenters. The number of rotatable bonds is 8. The number of halogens is 1. The molecule has 1 aromatic heterocycles. The second-order valence-electron chi connectivity index (χ2n) is 7.38. The fourth-order valence-electron chi connectivity index (χ4n) is 3.40. The van der Waals surface area contributed by atoms with Crippen molar-refractivity contribution in [2.24, 2.45) is 7.05 Å². The summed E-state index contributed by atoms with van der Waals surface area (Å²) in [7, 11) is 1.92. The van der Waals surface area contributed by atoms with Crippen LogP contribution in [0.2, 0.25) is 5.02 Å². The van der Waals surface area contributed by atoms with Gasteiger partial charge in [-0.2, -0.15) is 5.10 Å². The highest BCUT2D eigenvalue weighted by atomic mass is 35.5. The Morgan fingerprint density at radius 2 is 1.90 bits per heavy atom. The van der Waals surface area contributed by atoms with Crippen molar-refractivity contribution in [3.05, 3.63) is 34.1 Å². The molecule has 1 aromatic carbocycles. The van der Waals surface area contributed by atoms with Crippen LogP contribution in [0.3, 0.4) is 0 Å². The maximum absolute atomic E-state index is 12.0.